The molecule has 1 saturated heterocycles. The maximum atomic E-state index is 13.4. The van der Waals surface area contributed by atoms with Crippen molar-refractivity contribution in [3.63, 3.8) is 0 Å². The number of carbonyl (C=O) groups is 1. The predicted octanol–water partition coefficient (Wildman–Crippen LogP) is 5.62. The van der Waals surface area contributed by atoms with Gasteiger partial charge >= 0.3 is 0 Å². The smallest absolute Gasteiger partial charge is 0.226 e. The van der Waals surface area contributed by atoms with E-state index in [1.165, 1.54) is 38.5 Å². The lowest BCUT2D eigenvalue weighted by Crippen LogP contribution is -2.54. The van der Waals surface area contributed by atoms with E-state index in [9.17, 15) is 4.79 Å². The van der Waals surface area contributed by atoms with E-state index in [1.807, 2.05) is 12.1 Å². The monoisotopic (exact) mass is 436 g/mol. The van der Waals surface area contributed by atoms with Crippen LogP contribution in [0.1, 0.15) is 69.4 Å². The average Bonchev–Trinajstić information content (AvgIpc) is 2.69. The second-order valence-corrected chi connectivity index (χ2v) is 10.4. The Hall–Kier alpha value is -0.770. The zero-order chi connectivity index (χ0) is 19.1. The van der Waals surface area contributed by atoms with Gasteiger partial charge in [0.2, 0.25) is 5.91 Å². The number of rotatable bonds is 5. The molecule has 1 aromatic rings. The Balaban J connectivity index is 0.00000205. The van der Waals surface area contributed by atoms with Crippen LogP contribution in [0.25, 0.3) is 0 Å². The Kier molecular flexibility index (Phi) is 6.49. The molecule has 6 rings (SSSR count). The molecule has 1 N–H and O–H groups in total. The summed E-state index contributed by atoms with van der Waals surface area (Å²) in [6.45, 7) is 2.89. The first-order valence-corrected chi connectivity index (χ1v) is 11.8. The van der Waals surface area contributed by atoms with Gasteiger partial charge in [-0.3, -0.25) is 9.69 Å². The summed E-state index contributed by atoms with van der Waals surface area (Å²) in [7, 11) is 0. The fraction of sp³-hybridized carbons (Fsp3) is 0.708. The van der Waals surface area contributed by atoms with Gasteiger partial charge in [0.1, 0.15) is 0 Å². The number of likely N-dealkylation sites (tertiary alicyclic amines) is 1. The Morgan fingerprint density at radius 1 is 1.03 bits per heavy atom. The molecule has 160 valence electrons. The lowest BCUT2D eigenvalue weighted by atomic mass is 9.49. The molecule has 1 amide bonds. The van der Waals surface area contributed by atoms with Crippen LogP contribution in [0.5, 0.6) is 0 Å². The molecular weight excluding hydrogens is 403 g/mol. The highest BCUT2D eigenvalue weighted by Gasteiger charge is 2.54. The number of hydrogen-bond donors (Lipinski definition) is 1. The minimum absolute atomic E-state index is 0. The number of piperidine rings is 1. The van der Waals surface area contributed by atoms with Crippen LogP contribution in [0.2, 0.25) is 5.02 Å². The van der Waals surface area contributed by atoms with Crippen LogP contribution in [0.15, 0.2) is 24.3 Å². The number of nitrogens with one attached hydrogen (secondary N) is 1. The summed E-state index contributed by atoms with van der Waals surface area (Å²) in [5.41, 5.74) is 1.10. The third-order valence-corrected chi connectivity index (χ3v) is 8.42. The van der Waals surface area contributed by atoms with Gasteiger partial charge in [0.15, 0.2) is 0 Å². The first-order chi connectivity index (χ1) is 13.6. The minimum Gasteiger partial charge on any atom is -0.354 e. The van der Waals surface area contributed by atoms with Crippen LogP contribution in [0.4, 0.5) is 0 Å². The lowest BCUT2D eigenvalue weighted by molar-refractivity contribution is -0.146. The molecule has 5 fully saturated rings. The van der Waals surface area contributed by atoms with E-state index in [4.69, 9.17) is 11.6 Å². The molecule has 4 aliphatic carbocycles. The molecule has 0 spiro atoms. The van der Waals surface area contributed by atoms with Crippen molar-refractivity contribution in [2.24, 2.45) is 23.2 Å². The molecule has 1 heterocycles. The Morgan fingerprint density at radius 3 is 2.21 bits per heavy atom. The molecule has 1 aliphatic heterocycles. The van der Waals surface area contributed by atoms with E-state index in [1.54, 1.807) is 0 Å². The quantitative estimate of drug-likeness (QED) is 0.648. The first-order valence-electron chi connectivity index (χ1n) is 11.4. The predicted molar refractivity (Wildman–Crippen MR) is 120 cm³/mol. The molecule has 4 bridgehead atoms. The number of carbonyl (C=O) groups excluding carboxylic acids is 1. The second kappa shape index (κ2) is 8.77. The van der Waals surface area contributed by atoms with E-state index < -0.39 is 0 Å². The van der Waals surface area contributed by atoms with Crippen LogP contribution in [0, 0.1) is 23.2 Å². The summed E-state index contributed by atoms with van der Waals surface area (Å²) < 4.78 is 0. The summed E-state index contributed by atoms with van der Waals surface area (Å²) in [5.74, 6) is 2.75. The van der Waals surface area contributed by atoms with E-state index in [2.05, 4.69) is 22.3 Å². The van der Waals surface area contributed by atoms with Gasteiger partial charge in [0.25, 0.3) is 0 Å². The van der Waals surface area contributed by atoms with Crippen LogP contribution in [-0.4, -0.2) is 30.4 Å². The van der Waals surface area contributed by atoms with Crippen molar-refractivity contribution in [1.82, 2.24) is 10.2 Å². The number of benzene rings is 1. The number of nitrogens with zero attached hydrogens (tertiary/aromatic N) is 1. The molecule has 1 aromatic carbocycles. The molecule has 0 aromatic heterocycles. The average molecular weight is 437 g/mol. The summed E-state index contributed by atoms with van der Waals surface area (Å²) in [6, 6.07) is 8.37. The highest BCUT2D eigenvalue weighted by molar-refractivity contribution is 6.31. The van der Waals surface area contributed by atoms with Crippen LogP contribution < -0.4 is 5.32 Å². The Morgan fingerprint density at radius 2 is 1.62 bits per heavy atom. The highest BCUT2D eigenvalue weighted by atomic mass is 35.5. The Bertz CT molecular complexity index is 696. The van der Waals surface area contributed by atoms with Crippen molar-refractivity contribution in [2.45, 2.75) is 63.8 Å². The molecular formula is C24H34Cl2N2O. The maximum Gasteiger partial charge on any atom is 0.226 e. The lowest BCUT2D eigenvalue weighted by Gasteiger charge is -2.55. The van der Waals surface area contributed by atoms with Crippen molar-refractivity contribution in [2.75, 3.05) is 19.6 Å². The zero-order valence-electron chi connectivity index (χ0n) is 17.2. The zero-order valence-corrected chi connectivity index (χ0v) is 18.8. The van der Waals surface area contributed by atoms with Crippen molar-refractivity contribution in [1.29, 1.82) is 0 Å². The van der Waals surface area contributed by atoms with Gasteiger partial charge in [0, 0.05) is 17.0 Å². The largest absolute Gasteiger partial charge is 0.354 e. The summed E-state index contributed by atoms with van der Waals surface area (Å²) in [4.78, 5) is 16.0. The molecule has 29 heavy (non-hydrogen) atoms. The van der Waals surface area contributed by atoms with E-state index in [0.717, 1.165) is 60.7 Å². The minimum atomic E-state index is -0.0678. The summed E-state index contributed by atoms with van der Waals surface area (Å²) >= 11 is 6.57. The van der Waals surface area contributed by atoms with Crippen molar-refractivity contribution >= 4 is 29.9 Å². The second-order valence-electron chi connectivity index (χ2n) is 10.0. The van der Waals surface area contributed by atoms with Crippen LogP contribution in [0.3, 0.4) is 0 Å². The topological polar surface area (TPSA) is 32.3 Å². The molecule has 4 saturated carbocycles. The van der Waals surface area contributed by atoms with Crippen molar-refractivity contribution in [3.05, 3.63) is 34.9 Å². The Labute approximate surface area is 186 Å². The number of halogens is 2. The van der Waals surface area contributed by atoms with Gasteiger partial charge in [-0.15, -0.1) is 12.4 Å². The van der Waals surface area contributed by atoms with Crippen molar-refractivity contribution < 1.29 is 4.79 Å². The fourth-order valence-corrected chi connectivity index (χ4v) is 7.44. The molecule has 1 unspecified atom stereocenters. The highest BCUT2D eigenvalue weighted by Crippen LogP contribution is 2.60. The number of amides is 1. The standard InChI is InChI=1S/C24H33ClN2O.ClH/c25-21-7-3-2-6-20(21)22(27-8-4-1-5-9-27)16-26-23(28)24-13-17-10-18(14-24)12-19(11-17)15-24;/h2-3,6-7,17-19,22H,1,4-5,8-16H2,(H,26,28);1H. The summed E-state index contributed by atoms with van der Waals surface area (Å²) in [6.07, 6.45) is 11.3. The van der Waals surface area contributed by atoms with Crippen LogP contribution >= 0.6 is 24.0 Å². The van der Waals surface area contributed by atoms with E-state index in [0.29, 0.717) is 12.5 Å². The first kappa shape index (κ1) is 21.5. The summed E-state index contributed by atoms with van der Waals surface area (Å²) in [5, 5.41) is 4.24. The van der Waals surface area contributed by atoms with Gasteiger partial charge in [-0.1, -0.05) is 36.2 Å². The van der Waals surface area contributed by atoms with Gasteiger partial charge in [-0.2, -0.15) is 0 Å². The van der Waals surface area contributed by atoms with Gasteiger partial charge in [-0.25, -0.2) is 0 Å². The molecule has 0 radical (unpaired) electrons. The molecule has 5 heteroatoms. The number of hydrogen-bond acceptors (Lipinski definition) is 2. The molecule has 1 atom stereocenters. The normalized spacial score (nSPS) is 34.4. The third-order valence-electron chi connectivity index (χ3n) is 8.07. The fourth-order valence-electron chi connectivity index (χ4n) is 7.18. The van der Waals surface area contributed by atoms with Gasteiger partial charge in [-0.05, 0) is 93.8 Å². The van der Waals surface area contributed by atoms with Gasteiger partial charge < -0.3 is 5.32 Å². The van der Waals surface area contributed by atoms with Crippen molar-refractivity contribution in [3.8, 4) is 0 Å². The third kappa shape index (κ3) is 4.20. The maximum absolute atomic E-state index is 13.4. The molecule has 5 aliphatic rings. The molecule has 3 nitrogen and oxygen atoms in total. The van der Waals surface area contributed by atoms with Gasteiger partial charge in [0.05, 0.1) is 6.04 Å². The van der Waals surface area contributed by atoms with Crippen LogP contribution in [-0.2, 0) is 4.79 Å². The van der Waals surface area contributed by atoms with E-state index >= 15 is 0 Å². The van der Waals surface area contributed by atoms with E-state index in [-0.39, 0.29) is 23.9 Å². The SMILES string of the molecule is Cl.O=C(NCC(c1ccccc1Cl)N1CCCCC1)C12CC3CC(CC(C3)C1)C2.